The minimum Gasteiger partial charge on any atom is -0.353 e. The molecule has 0 atom stereocenters. The molecule has 0 N–H and O–H groups in total. The molecule has 1 fully saturated rings. The fourth-order valence-electron chi connectivity index (χ4n) is 4.24. The van der Waals surface area contributed by atoms with Crippen molar-refractivity contribution in [1.82, 2.24) is 13.8 Å². The van der Waals surface area contributed by atoms with Crippen molar-refractivity contribution in [3.05, 3.63) is 52.8 Å². The number of carbonyl (C=O) groups is 1. The fraction of sp³-hybridized carbons (Fsp3) is 0.542. The van der Waals surface area contributed by atoms with Crippen LogP contribution in [0.4, 0.5) is 0 Å². The van der Waals surface area contributed by atoms with E-state index in [0.717, 1.165) is 35.2 Å². The molecule has 6 nitrogen and oxygen atoms in total. The van der Waals surface area contributed by atoms with Crippen LogP contribution in [0.2, 0.25) is 0 Å². The minimum atomic E-state index is -3.80. The molecule has 1 aromatic heterocycles. The number of aryl methyl sites for hydroxylation is 4. The molecule has 170 valence electrons. The van der Waals surface area contributed by atoms with Gasteiger partial charge in [0.25, 0.3) is 0 Å². The van der Waals surface area contributed by atoms with E-state index in [-0.39, 0.29) is 24.4 Å². The third-order valence-corrected chi connectivity index (χ3v) is 7.89. The lowest BCUT2D eigenvalue weighted by Crippen LogP contribution is -2.45. The van der Waals surface area contributed by atoms with Gasteiger partial charge < -0.3 is 9.47 Å². The number of aromatic nitrogens is 1. The van der Waals surface area contributed by atoms with E-state index in [1.807, 2.05) is 81.6 Å². The van der Waals surface area contributed by atoms with Crippen LogP contribution in [0.1, 0.15) is 49.1 Å². The topological polar surface area (TPSA) is 62.6 Å². The Morgan fingerprint density at radius 3 is 2.26 bits per heavy atom. The number of nitrogens with zero attached hydrogens (tertiary/aromatic N) is 3. The quantitative estimate of drug-likeness (QED) is 0.590. The molecule has 1 aromatic carbocycles. The summed E-state index contributed by atoms with van der Waals surface area (Å²) >= 11 is 0. The first-order valence-electron chi connectivity index (χ1n) is 11.0. The third-order valence-electron chi connectivity index (χ3n) is 5.77. The van der Waals surface area contributed by atoms with Crippen LogP contribution >= 0.6 is 0 Å². The summed E-state index contributed by atoms with van der Waals surface area (Å²) in [5.74, 6) is -0.0220. The highest BCUT2D eigenvalue weighted by Gasteiger charge is 2.36. The standard InChI is InChI=1S/C24H35N3O3S/c1-17(2)14-26(31(29,30)24-19(4)12-18(3)13-20(24)5)16-23(28)27(21-9-10-21)15-22-8-7-11-25(22)6/h7-8,11-13,17,21H,9-10,14-16H2,1-6H3. The predicted molar refractivity (Wildman–Crippen MR) is 123 cm³/mol. The lowest BCUT2D eigenvalue weighted by atomic mass is 10.1. The molecule has 7 heteroatoms. The van der Waals surface area contributed by atoms with Gasteiger partial charge in [-0.25, -0.2) is 8.42 Å². The van der Waals surface area contributed by atoms with Gasteiger partial charge in [0.15, 0.2) is 0 Å². The van der Waals surface area contributed by atoms with E-state index in [1.165, 1.54) is 4.31 Å². The number of hydrogen-bond donors (Lipinski definition) is 0. The van der Waals surface area contributed by atoms with E-state index in [4.69, 9.17) is 0 Å². The van der Waals surface area contributed by atoms with Crippen LogP contribution in [-0.2, 0) is 28.4 Å². The summed E-state index contributed by atoms with van der Waals surface area (Å²) in [7, 11) is -1.84. The lowest BCUT2D eigenvalue weighted by molar-refractivity contribution is -0.132. The van der Waals surface area contributed by atoms with Crippen molar-refractivity contribution in [3.8, 4) is 0 Å². The SMILES string of the molecule is Cc1cc(C)c(S(=O)(=O)N(CC(=O)N(Cc2cccn2C)C2CC2)CC(C)C)c(C)c1. The smallest absolute Gasteiger partial charge is 0.244 e. The summed E-state index contributed by atoms with van der Waals surface area (Å²) in [4.78, 5) is 15.5. The molecular formula is C24H35N3O3S. The third kappa shape index (κ3) is 5.39. The molecule has 2 aromatic rings. The summed E-state index contributed by atoms with van der Waals surface area (Å²) in [5.41, 5.74) is 3.52. The zero-order valence-corrected chi connectivity index (χ0v) is 20.4. The first kappa shape index (κ1) is 23.5. The summed E-state index contributed by atoms with van der Waals surface area (Å²) in [6.45, 7) is 10.3. The molecule has 0 saturated heterocycles. The van der Waals surface area contributed by atoms with Crippen molar-refractivity contribution in [3.63, 3.8) is 0 Å². The van der Waals surface area contributed by atoms with Crippen LogP contribution < -0.4 is 0 Å². The first-order valence-corrected chi connectivity index (χ1v) is 12.4. The van der Waals surface area contributed by atoms with E-state index in [0.29, 0.717) is 18.0 Å². The summed E-state index contributed by atoms with van der Waals surface area (Å²) < 4.78 is 30.8. The molecular weight excluding hydrogens is 410 g/mol. The van der Waals surface area contributed by atoms with Gasteiger partial charge in [0, 0.05) is 31.5 Å². The van der Waals surface area contributed by atoms with Crippen molar-refractivity contribution >= 4 is 15.9 Å². The van der Waals surface area contributed by atoms with Gasteiger partial charge in [-0.1, -0.05) is 31.5 Å². The lowest BCUT2D eigenvalue weighted by Gasteiger charge is -2.29. The van der Waals surface area contributed by atoms with Crippen molar-refractivity contribution in [2.75, 3.05) is 13.1 Å². The van der Waals surface area contributed by atoms with Crippen molar-refractivity contribution in [2.24, 2.45) is 13.0 Å². The van der Waals surface area contributed by atoms with Crippen LogP contribution in [0.25, 0.3) is 0 Å². The van der Waals surface area contributed by atoms with Gasteiger partial charge in [0.2, 0.25) is 15.9 Å². The van der Waals surface area contributed by atoms with E-state index >= 15 is 0 Å². The van der Waals surface area contributed by atoms with Crippen LogP contribution in [0.3, 0.4) is 0 Å². The molecule has 3 rings (SSSR count). The van der Waals surface area contributed by atoms with E-state index < -0.39 is 10.0 Å². The van der Waals surface area contributed by atoms with E-state index in [2.05, 4.69) is 0 Å². The number of benzene rings is 1. The number of sulfonamides is 1. The monoisotopic (exact) mass is 445 g/mol. The normalized spacial score (nSPS) is 14.5. The van der Waals surface area contributed by atoms with Gasteiger partial charge >= 0.3 is 0 Å². The van der Waals surface area contributed by atoms with Crippen molar-refractivity contribution < 1.29 is 13.2 Å². The Labute approximate surface area is 186 Å². The Hall–Kier alpha value is -2.12. The van der Waals surface area contributed by atoms with Crippen LogP contribution in [0.15, 0.2) is 35.4 Å². The number of carbonyl (C=O) groups excluding carboxylic acids is 1. The zero-order valence-electron chi connectivity index (χ0n) is 19.6. The second-order valence-electron chi connectivity index (χ2n) is 9.28. The average Bonchev–Trinajstić information content (AvgIpc) is 3.39. The van der Waals surface area contributed by atoms with Crippen LogP contribution in [-0.4, -0.2) is 47.2 Å². The highest BCUT2D eigenvalue weighted by Crippen LogP contribution is 2.30. The number of amides is 1. The molecule has 31 heavy (non-hydrogen) atoms. The molecule has 1 aliphatic rings. The van der Waals surface area contributed by atoms with Gasteiger partial charge in [0.1, 0.15) is 0 Å². The van der Waals surface area contributed by atoms with Gasteiger partial charge in [0.05, 0.1) is 18.0 Å². The Morgan fingerprint density at radius 2 is 1.77 bits per heavy atom. The zero-order chi connectivity index (χ0) is 22.9. The second kappa shape index (κ2) is 9.17. The number of rotatable bonds is 9. The Bertz CT molecular complexity index is 1030. The molecule has 1 saturated carbocycles. The molecule has 1 heterocycles. The second-order valence-corrected chi connectivity index (χ2v) is 11.2. The van der Waals surface area contributed by atoms with Gasteiger partial charge in [-0.15, -0.1) is 0 Å². The van der Waals surface area contributed by atoms with Crippen molar-refractivity contribution in [2.45, 2.75) is 64.9 Å². The molecule has 0 bridgehead atoms. The van der Waals surface area contributed by atoms with Crippen molar-refractivity contribution in [1.29, 1.82) is 0 Å². The van der Waals surface area contributed by atoms with E-state index in [1.54, 1.807) is 0 Å². The van der Waals surface area contributed by atoms with Gasteiger partial charge in [-0.2, -0.15) is 4.31 Å². The number of hydrogen-bond acceptors (Lipinski definition) is 3. The highest BCUT2D eigenvalue weighted by atomic mass is 32.2. The highest BCUT2D eigenvalue weighted by molar-refractivity contribution is 7.89. The molecule has 1 amide bonds. The molecule has 0 unspecified atom stereocenters. The summed E-state index contributed by atoms with van der Waals surface area (Å²) in [6.07, 6.45) is 3.91. The maximum atomic E-state index is 13.7. The summed E-state index contributed by atoms with van der Waals surface area (Å²) in [5, 5.41) is 0. The molecule has 0 spiro atoms. The Kier molecular flexibility index (Phi) is 6.96. The molecule has 0 radical (unpaired) electrons. The van der Waals surface area contributed by atoms with E-state index in [9.17, 15) is 13.2 Å². The Morgan fingerprint density at radius 1 is 1.16 bits per heavy atom. The average molecular weight is 446 g/mol. The molecule has 0 aliphatic heterocycles. The largest absolute Gasteiger partial charge is 0.353 e. The summed E-state index contributed by atoms with van der Waals surface area (Å²) in [6, 6.07) is 7.95. The van der Waals surface area contributed by atoms with Crippen LogP contribution in [0, 0.1) is 26.7 Å². The van der Waals surface area contributed by atoms with Gasteiger partial charge in [-0.3, -0.25) is 4.79 Å². The first-order chi connectivity index (χ1) is 14.5. The minimum absolute atomic E-state index is 0.107. The predicted octanol–water partition coefficient (Wildman–Crippen LogP) is 3.79. The van der Waals surface area contributed by atoms with Crippen LogP contribution in [0.5, 0.6) is 0 Å². The van der Waals surface area contributed by atoms with Gasteiger partial charge in [-0.05, 0) is 62.8 Å². The molecule has 1 aliphatic carbocycles. The fourth-order valence-corrected chi connectivity index (χ4v) is 6.21. The Balaban J connectivity index is 1.90. The maximum absolute atomic E-state index is 13.7. The maximum Gasteiger partial charge on any atom is 0.244 e.